The van der Waals surface area contributed by atoms with Crippen molar-refractivity contribution in [3.63, 3.8) is 0 Å². The molecular formula is C19H26N4O2. The van der Waals surface area contributed by atoms with Crippen LogP contribution < -0.4 is 5.32 Å². The summed E-state index contributed by atoms with van der Waals surface area (Å²) in [6, 6.07) is 0. The van der Waals surface area contributed by atoms with Gasteiger partial charge in [-0.3, -0.25) is 4.79 Å². The molecule has 2 aliphatic carbocycles. The molecular weight excluding hydrogens is 316 g/mol. The average molecular weight is 342 g/mol. The molecule has 2 saturated carbocycles. The Morgan fingerprint density at radius 2 is 2.24 bits per heavy atom. The van der Waals surface area contributed by atoms with Crippen LogP contribution in [0.5, 0.6) is 0 Å². The minimum atomic E-state index is -0.147. The second kappa shape index (κ2) is 5.94. The molecule has 0 aromatic carbocycles. The molecule has 1 spiro atoms. The highest BCUT2D eigenvalue weighted by Gasteiger charge is 2.47. The lowest BCUT2D eigenvalue weighted by Gasteiger charge is -2.35. The number of carbonyl (C=O) groups is 1. The first-order valence-electron chi connectivity index (χ1n) is 9.70. The Morgan fingerprint density at radius 3 is 3.00 bits per heavy atom. The summed E-state index contributed by atoms with van der Waals surface area (Å²) < 4.78 is 5.87. The van der Waals surface area contributed by atoms with E-state index >= 15 is 0 Å². The van der Waals surface area contributed by atoms with Gasteiger partial charge in [0.15, 0.2) is 0 Å². The third-order valence-electron chi connectivity index (χ3n) is 6.37. The number of hydrogen-bond donors (Lipinski definition) is 1. The molecule has 1 saturated heterocycles. The van der Waals surface area contributed by atoms with Crippen molar-refractivity contribution in [2.24, 2.45) is 11.8 Å². The first kappa shape index (κ1) is 15.6. The van der Waals surface area contributed by atoms with Crippen LogP contribution >= 0.6 is 0 Å². The summed E-state index contributed by atoms with van der Waals surface area (Å²) >= 11 is 0. The zero-order valence-electron chi connectivity index (χ0n) is 14.7. The molecule has 6 heteroatoms. The van der Waals surface area contributed by atoms with Crippen LogP contribution in [0.2, 0.25) is 0 Å². The fourth-order valence-corrected chi connectivity index (χ4v) is 4.32. The molecule has 1 aromatic heterocycles. The van der Waals surface area contributed by atoms with Gasteiger partial charge < -0.3 is 15.0 Å². The number of rotatable bonds is 4. The van der Waals surface area contributed by atoms with E-state index in [1.165, 1.54) is 19.3 Å². The molecule has 0 radical (unpaired) electrons. The Hall–Kier alpha value is -1.69. The lowest BCUT2D eigenvalue weighted by Crippen LogP contribution is -2.43. The molecule has 2 aliphatic heterocycles. The van der Waals surface area contributed by atoms with Crippen LogP contribution in [-0.4, -0.2) is 47.0 Å². The second-order valence-corrected chi connectivity index (χ2v) is 8.30. The van der Waals surface area contributed by atoms with Gasteiger partial charge in [0.1, 0.15) is 0 Å². The summed E-state index contributed by atoms with van der Waals surface area (Å²) in [5.74, 6) is 2.13. The second-order valence-electron chi connectivity index (χ2n) is 8.30. The molecule has 5 rings (SSSR count). The standard InChI is InChI=1S/C19H26N4O2/c24-17(14-2-1-3-14)23-7-6-19(11-23)12-25-10-15-9-21-18(22-16(15)19)20-8-13-4-5-13/h9,13-14H,1-8,10-12H2,(H,20,21,22)/t19-/m1/s1. The van der Waals surface area contributed by atoms with Gasteiger partial charge in [-0.2, -0.15) is 0 Å². The molecule has 0 unspecified atom stereocenters. The number of nitrogens with zero attached hydrogens (tertiary/aromatic N) is 3. The van der Waals surface area contributed by atoms with E-state index in [4.69, 9.17) is 9.72 Å². The van der Waals surface area contributed by atoms with E-state index in [0.717, 1.165) is 62.0 Å². The molecule has 134 valence electrons. The highest BCUT2D eigenvalue weighted by Crippen LogP contribution is 2.41. The van der Waals surface area contributed by atoms with Gasteiger partial charge >= 0.3 is 0 Å². The van der Waals surface area contributed by atoms with Gasteiger partial charge in [0.2, 0.25) is 11.9 Å². The fourth-order valence-electron chi connectivity index (χ4n) is 4.32. The van der Waals surface area contributed by atoms with E-state index in [2.05, 4.69) is 15.2 Å². The van der Waals surface area contributed by atoms with Crippen LogP contribution in [0.1, 0.15) is 49.8 Å². The van der Waals surface area contributed by atoms with E-state index in [1.54, 1.807) is 0 Å². The Bertz CT molecular complexity index is 686. The maximum absolute atomic E-state index is 12.7. The number of aromatic nitrogens is 2. The molecule has 1 aromatic rings. The quantitative estimate of drug-likeness (QED) is 0.908. The average Bonchev–Trinajstić information content (AvgIpc) is 3.31. The zero-order chi connectivity index (χ0) is 16.9. The number of anilines is 1. The Kier molecular flexibility index (Phi) is 3.69. The molecule has 3 fully saturated rings. The monoisotopic (exact) mass is 342 g/mol. The van der Waals surface area contributed by atoms with Gasteiger partial charge in [0, 0.05) is 37.3 Å². The van der Waals surface area contributed by atoms with Gasteiger partial charge in [-0.05, 0) is 38.0 Å². The molecule has 0 bridgehead atoms. The maximum atomic E-state index is 12.7. The van der Waals surface area contributed by atoms with Crippen LogP contribution in [-0.2, 0) is 21.6 Å². The van der Waals surface area contributed by atoms with E-state index in [9.17, 15) is 4.79 Å². The lowest BCUT2D eigenvalue weighted by atomic mass is 9.80. The van der Waals surface area contributed by atoms with Gasteiger partial charge in [0.25, 0.3) is 0 Å². The number of nitrogens with one attached hydrogen (secondary N) is 1. The van der Waals surface area contributed by atoms with Gasteiger partial charge in [-0.25, -0.2) is 9.97 Å². The molecule has 3 heterocycles. The summed E-state index contributed by atoms with van der Waals surface area (Å²) in [7, 11) is 0. The highest BCUT2D eigenvalue weighted by molar-refractivity contribution is 5.80. The van der Waals surface area contributed by atoms with Crippen molar-refractivity contribution in [2.75, 3.05) is 31.6 Å². The maximum Gasteiger partial charge on any atom is 0.225 e. The van der Waals surface area contributed by atoms with Crippen molar-refractivity contribution in [2.45, 2.75) is 50.5 Å². The molecule has 1 amide bonds. The smallest absolute Gasteiger partial charge is 0.225 e. The largest absolute Gasteiger partial charge is 0.376 e. The summed E-state index contributed by atoms with van der Waals surface area (Å²) in [6.07, 6.45) is 8.80. The van der Waals surface area contributed by atoms with E-state index in [1.807, 2.05) is 6.20 Å². The van der Waals surface area contributed by atoms with E-state index in [-0.39, 0.29) is 11.3 Å². The summed E-state index contributed by atoms with van der Waals surface area (Å²) in [5, 5.41) is 3.39. The van der Waals surface area contributed by atoms with Crippen LogP contribution in [0, 0.1) is 11.8 Å². The van der Waals surface area contributed by atoms with Crippen molar-refractivity contribution in [1.29, 1.82) is 0 Å². The first-order chi connectivity index (χ1) is 12.2. The van der Waals surface area contributed by atoms with Crippen molar-refractivity contribution < 1.29 is 9.53 Å². The lowest BCUT2D eigenvalue weighted by molar-refractivity contribution is -0.137. The SMILES string of the molecule is O=C(C1CCC1)N1CC[C@]2(COCc3cnc(NCC4CC4)nc32)C1. The highest BCUT2D eigenvalue weighted by atomic mass is 16.5. The van der Waals surface area contributed by atoms with Crippen molar-refractivity contribution >= 4 is 11.9 Å². The third kappa shape index (κ3) is 2.80. The van der Waals surface area contributed by atoms with Crippen molar-refractivity contribution in [3.8, 4) is 0 Å². The van der Waals surface area contributed by atoms with Crippen LogP contribution in [0.3, 0.4) is 0 Å². The van der Waals surface area contributed by atoms with Gasteiger partial charge in [-0.15, -0.1) is 0 Å². The van der Waals surface area contributed by atoms with Gasteiger partial charge in [0.05, 0.1) is 24.3 Å². The van der Waals surface area contributed by atoms with Crippen molar-refractivity contribution in [1.82, 2.24) is 14.9 Å². The van der Waals surface area contributed by atoms with Gasteiger partial charge in [-0.1, -0.05) is 6.42 Å². The molecule has 4 aliphatic rings. The summed E-state index contributed by atoms with van der Waals surface area (Å²) in [4.78, 5) is 24.1. The number of carbonyl (C=O) groups excluding carboxylic acids is 1. The Balaban J connectivity index is 1.37. The number of ether oxygens (including phenoxy) is 1. The fraction of sp³-hybridized carbons (Fsp3) is 0.737. The minimum Gasteiger partial charge on any atom is -0.376 e. The van der Waals surface area contributed by atoms with E-state index < -0.39 is 0 Å². The third-order valence-corrected chi connectivity index (χ3v) is 6.37. The molecule has 1 N–H and O–H groups in total. The topological polar surface area (TPSA) is 67.4 Å². The predicted octanol–water partition coefficient (Wildman–Crippen LogP) is 2.10. The molecule has 6 nitrogen and oxygen atoms in total. The first-order valence-corrected chi connectivity index (χ1v) is 9.70. The number of amides is 1. The predicted molar refractivity (Wildman–Crippen MR) is 93.1 cm³/mol. The Labute approximate surface area is 148 Å². The van der Waals surface area contributed by atoms with Crippen LogP contribution in [0.15, 0.2) is 6.20 Å². The zero-order valence-corrected chi connectivity index (χ0v) is 14.7. The Morgan fingerprint density at radius 1 is 1.36 bits per heavy atom. The van der Waals surface area contributed by atoms with Crippen LogP contribution in [0.4, 0.5) is 5.95 Å². The molecule has 25 heavy (non-hydrogen) atoms. The summed E-state index contributed by atoms with van der Waals surface area (Å²) in [5.41, 5.74) is 2.04. The van der Waals surface area contributed by atoms with Crippen molar-refractivity contribution in [3.05, 3.63) is 17.5 Å². The van der Waals surface area contributed by atoms with E-state index in [0.29, 0.717) is 19.1 Å². The normalized spacial score (nSPS) is 28.7. The molecule has 1 atom stereocenters. The minimum absolute atomic E-state index is 0.147. The number of fused-ring (bicyclic) bond motifs is 2. The number of hydrogen-bond acceptors (Lipinski definition) is 5. The summed E-state index contributed by atoms with van der Waals surface area (Å²) in [6.45, 7) is 3.78. The van der Waals surface area contributed by atoms with Crippen LogP contribution in [0.25, 0.3) is 0 Å². The number of likely N-dealkylation sites (tertiary alicyclic amines) is 1.